The van der Waals surface area contributed by atoms with E-state index in [9.17, 15) is 19.2 Å². The number of aromatic nitrogens is 1. The van der Waals surface area contributed by atoms with E-state index in [1.807, 2.05) is 0 Å². The Bertz CT molecular complexity index is 833. The van der Waals surface area contributed by atoms with Gasteiger partial charge in [0.15, 0.2) is 0 Å². The van der Waals surface area contributed by atoms with Crippen LogP contribution < -0.4 is 5.56 Å². The van der Waals surface area contributed by atoms with E-state index in [1.165, 1.54) is 42.1 Å². The summed E-state index contributed by atoms with van der Waals surface area (Å²) >= 11 is 0. The minimum absolute atomic E-state index is 0.0543. The molecule has 1 aliphatic rings. The van der Waals surface area contributed by atoms with Crippen LogP contribution in [0.3, 0.4) is 0 Å². The predicted octanol–water partition coefficient (Wildman–Crippen LogP) is 0.753. The topological polar surface area (TPSA) is 85.7 Å². The number of nitrogens with zero attached hydrogens (tertiary/aromatic N) is 2. The van der Waals surface area contributed by atoms with Gasteiger partial charge in [0.1, 0.15) is 0 Å². The number of hydrogen-bond donors (Lipinski definition) is 0. The molecule has 2 heterocycles. The van der Waals surface area contributed by atoms with Gasteiger partial charge in [-0.3, -0.25) is 14.4 Å². The molecule has 1 aromatic carbocycles. The first-order valence-electron chi connectivity index (χ1n) is 6.36. The number of carbonyl (C=O) groups is 3. The van der Waals surface area contributed by atoms with E-state index < -0.39 is 17.8 Å². The monoisotopic (exact) mass is 298 g/mol. The summed E-state index contributed by atoms with van der Waals surface area (Å²) < 4.78 is 1.19. The molecule has 0 bridgehead atoms. The molecule has 0 spiro atoms. The number of rotatable bonds is 2. The van der Waals surface area contributed by atoms with Gasteiger partial charge < -0.3 is 9.40 Å². The maximum atomic E-state index is 12.1. The van der Waals surface area contributed by atoms with Crippen molar-refractivity contribution in [2.24, 2.45) is 7.05 Å². The second-order valence-electron chi connectivity index (χ2n) is 4.70. The Morgan fingerprint density at radius 3 is 2.09 bits per heavy atom. The first-order valence-corrected chi connectivity index (χ1v) is 6.36. The molecule has 22 heavy (non-hydrogen) atoms. The molecular formula is C15H10N2O5. The van der Waals surface area contributed by atoms with Gasteiger partial charge >= 0.3 is 5.97 Å². The van der Waals surface area contributed by atoms with Crippen molar-refractivity contribution in [2.75, 3.05) is 0 Å². The van der Waals surface area contributed by atoms with Crippen LogP contribution in [0, 0.1) is 0 Å². The Labute approximate surface area is 124 Å². The highest BCUT2D eigenvalue weighted by Gasteiger charge is 2.38. The minimum atomic E-state index is -0.898. The smallest absolute Gasteiger partial charge is 0.324 e. The average Bonchev–Trinajstić information content (AvgIpc) is 2.75. The van der Waals surface area contributed by atoms with Gasteiger partial charge in [-0.25, -0.2) is 4.79 Å². The summed E-state index contributed by atoms with van der Waals surface area (Å²) in [6, 6.07) is 8.65. The lowest BCUT2D eigenvalue weighted by atomic mass is 10.1. The van der Waals surface area contributed by atoms with Gasteiger partial charge in [-0.15, -0.1) is 0 Å². The van der Waals surface area contributed by atoms with Crippen LogP contribution in [0.15, 0.2) is 47.4 Å². The zero-order valence-electron chi connectivity index (χ0n) is 11.5. The van der Waals surface area contributed by atoms with Gasteiger partial charge in [-0.1, -0.05) is 17.2 Å². The van der Waals surface area contributed by atoms with Crippen molar-refractivity contribution in [3.63, 3.8) is 0 Å². The molecule has 0 N–H and O–H groups in total. The Hall–Kier alpha value is -3.22. The van der Waals surface area contributed by atoms with E-state index in [1.54, 1.807) is 12.1 Å². The molecule has 2 aromatic rings. The van der Waals surface area contributed by atoms with Crippen molar-refractivity contribution in [1.82, 2.24) is 9.63 Å². The molecule has 0 saturated carbocycles. The van der Waals surface area contributed by atoms with Crippen LogP contribution in [0.5, 0.6) is 0 Å². The summed E-state index contributed by atoms with van der Waals surface area (Å²) in [5.74, 6) is -2.29. The summed E-state index contributed by atoms with van der Waals surface area (Å²) in [6.45, 7) is 0. The number of hydroxylamine groups is 2. The second-order valence-corrected chi connectivity index (χ2v) is 4.70. The third-order valence-electron chi connectivity index (χ3n) is 3.25. The number of carbonyl (C=O) groups excluding carboxylic acids is 3. The zero-order chi connectivity index (χ0) is 15.9. The van der Waals surface area contributed by atoms with Crippen molar-refractivity contribution >= 4 is 17.8 Å². The highest BCUT2D eigenvalue weighted by atomic mass is 16.7. The Morgan fingerprint density at radius 1 is 0.955 bits per heavy atom. The molecule has 0 fully saturated rings. The summed E-state index contributed by atoms with van der Waals surface area (Å²) in [7, 11) is 1.47. The quantitative estimate of drug-likeness (QED) is 0.764. The summed E-state index contributed by atoms with van der Waals surface area (Å²) in [4.78, 5) is 52.3. The fourth-order valence-electron chi connectivity index (χ4n) is 2.10. The van der Waals surface area contributed by atoms with E-state index in [0.717, 1.165) is 0 Å². The van der Waals surface area contributed by atoms with Crippen molar-refractivity contribution in [1.29, 1.82) is 0 Å². The van der Waals surface area contributed by atoms with Gasteiger partial charge in [-0.05, 0) is 18.2 Å². The van der Waals surface area contributed by atoms with Crippen LogP contribution in [0.1, 0.15) is 31.1 Å². The second kappa shape index (κ2) is 4.96. The van der Waals surface area contributed by atoms with Crippen LogP contribution in [-0.4, -0.2) is 27.4 Å². The predicted molar refractivity (Wildman–Crippen MR) is 74.0 cm³/mol. The Kier molecular flexibility index (Phi) is 3.10. The molecule has 1 aliphatic heterocycles. The number of hydrogen-bond acceptors (Lipinski definition) is 5. The lowest BCUT2D eigenvalue weighted by molar-refractivity contribution is -0.0585. The molecule has 0 aliphatic carbocycles. The summed E-state index contributed by atoms with van der Waals surface area (Å²) in [5, 5.41) is 0.429. The molecule has 7 heteroatoms. The molecule has 3 rings (SSSR count). The van der Waals surface area contributed by atoms with Crippen LogP contribution >= 0.6 is 0 Å². The molecule has 110 valence electrons. The molecule has 0 saturated heterocycles. The average molecular weight is 298 g/mol. The molecular weight excluding hydrogens is 288 g/mol. The van der Waals surface area contributed by atoms with Crippen LogP contribution in [0.2, 0.25) is 0 Å². The first kappa shape index (κ1) is 13.7. The lowest BCUT2D eigenvalue weighted by Crippen LogP contribution is -2.33. The van der Waals surface area contributed by atoms with Crippen LogP contribution in [0.4, 0.5) is 0 Å². The van der Waals surface area contributed by atoms with Gasteiger partial charge in [-0.2, -0.15) is 0 Å². The Balaban J connectivity index is 1.87. The fraction of sp³-hybridized carbons (Fsp3) is 0.0667. The van der Waals surface area contributed by atoms with Crippen LogP contribution in [0.25, 0.3) is 0 Å². The zero-order valence-corrected chi connectivity index (χ0v) is 11.5. The highest BCUT2D eigenvalue weighted by molar-refractivity contribution is 6.21. The third kappa shape index (κ3) is 2.08. The third-order valence-corrected chi connectivity index (χ3v) is 3.25. The fourth-order valence-corrected chi connectivity index (χ4v) is 2.10. The van der Waals surface area contributed by atoms with E-state index >= 15 is 0 Å². The molecule has 0 unspecified atom stereocenters. The molecule has 0 radical (unpaired) electrons. The summed E-state index contributed by atoms with van der Waals surface area (Å²) in [6.07, 6.45) is 1.27. The van der Waals surface area contributed by atoms with E-state index in [4.69, 9.17) is 4.84 Å². The van der Waals surface area contributed by atoms with Crippen LogP contribution in [-0.2, 0) is 11.9 Å². The molecule has 0 atom stereocenters. The lowest BCUT2D eigenvalue weighted by Gasteiger charge is -2.12. The molecule has 1 aromatic heterocycles. The van der Waals surface area contributed by atoms with Crippen molar-refractivity contribution in [3.05, 3.63) is 69.6 Å². The minimum Gasteiger partial charge on any atom is -0.324 e. The van der Waals surface area contributed by atoms with E-state index in [2.05, 4.69) is 0 Å². The number of pyridine rings is 1. The van der Waals surface area contributed by atoms with E-state index in [-0.39, 0.29) is 22.2 Å². The van der Waals surface area contributed by atoms with Crippen molar-refractivity contribution < 1.29 is 19.2 Å². The number of aryl methyl sites for hydroxylation is 1. The SMILES string of the molecule is Cn1cc(C(=O)ON2C(=O)c3ccccc3C2=O)ccc1=O. The number of fused-ring (bicyclic) bond motifs is 1. The molecule has 7 nitrogen and oxygen atoms in total. The van der Waals surface area contributed by atoms with E-state index in [0.29, 0.717) is 5.06 Å². The first-order chi connectivity index (χ1) is 10.5. The number of benzene rings is 1. The molecule has 2 amide bonds. The van der Waals surface area contributed by atoms with Gasteiger partial charge in [0, 0.05) is 19.3 Å². The van der Waals surface area contributed by atoms with Gasteiger partial charge in [0.25, 0.3) is 11.8 Å². The number of amides is 2. The van der Waals surface area contributed by atoms with Gasteiger partial charge in [0.05, 0.1) is 16.7 Å². The number of imide groups is 1. The maximum Gasteiger partial charge on any atom is 0.365 e. The largest absolute Gasteiger partial charge is 0.365 e. The standard InChI is InChI=1S/C15H10N2O5/c1-16-8-9(6-7-12(16)18)15(21)22-17-13(19)10-4-2-3-5-11(10)14(17)20/h2-8H,1H3. The Morgan fingerprint density at radius 2 is 1.55 bits per heavy atom. The maximum absolute atomic E-state index is 12.1. The van der Waals surface area contributed by atoms with Gasteiger partial charge in [0.2, 0.25) is 5.56 Å². The highest BCUT2D eigenvalue weighted by Crippen LogP contribution is 2.23. The summed E-state index contributed by atoms with van der Waals surface area (Å²) in [5.41, 5.74) is 0.123. The normalized spacial score (nSPS) is 13.2. The van der Waals surface area contributed by atoms with Crippen molar-refractivity contribution in [2.45, 2.75) is 0 Å². The van der Waals surface area contributed by atoms with Crippen molar-refractivity contribution in [3.8, 4) is 0 Å².